The Kier molecular flexibility index (Phi) is 4.87. The normalized spacial score (nSPS) is 11.6. The SMILES string of the molecule is O=S(=O)(Nc1ccncc1SCc1ccccc1)c1cc2ccccc2o1. The molecule has 0 spiro atoms. The van der Waals surface area contributed by atoms with Gasteiger partial charge in [-0.05, 0) is 17.7 Å². The van der Waals surface area contributed by atoms with Crippen LogP contribution in [0.15, 0.2) is 93.5 Å². The number of pyridine rings is 1. The van der Waals surface area contributed by atoms with Crippen molar-refractivity contribution in [1.82, 2.24) is 4.98 Å². The van der Waals surface area contributed by atoms with Crippen LogP contribution in [0.25, 0.3) is 11.0 Å². The molecule has 27 heavy (non-hydrogen) atoms. The molecule has 0 saturated carbocycles. The second-order valence-corrected chi connectivity index (χ2v) is 8.49. The van der Waals surface area contributed by atoms with Gasteiger partial charge in [0.1, 0.15) is 5.58 Å². The molecule has 0 fully saturated rings. The van der Waals surface area contributed by atoms with E-state index in [0.717, 1.165) is 15.8 Å². The summed E-state index contributed by atoms with van der Waals surface area (Å²) in [6, 6.07) is 20.3. The number of thioether (sulfide) groups is 1. The van der Waals surface area contributed by atoms with Gasteiger partial charge in [0.25, 0.3) is 10.0 Å². The summed E-state index contributed by atoms with van der Waals surface area (Å²) >= 11 is 1.52. The maximum Gasteiger partial charge on any atom is 0.295 e. The van der Waals surface area contributed by atoms with Crippen LogP contribution in [-0.4, -0.2) is 13.4 Å². The monoisotopic (exact) mass is 396 g/mol. The number of hydrogen-bond acceptors (Lipinski definition) is 5. The summed E-state index contributed by atoms with van der Waals surface area (Å²) in [4.78, 5) is 4.87. The first-order valence-electron chi connectivity index (χ1n) is 8.24. The average molecular weight is 396 g/mol. The van der Waals surface area contributed by atoms with Crippen molar-refractivity contribution in [2.45, 2.75) is 15.7 Å². The Bertz CT molecular complexity index is 1140. The molecule has 0 unspecified atom stereocenters. The second-order valence-electron chi connectivity index (χ2n) is 5.85. The van der Waals surface area contributed by atoms with E-state index in [1.54, 1.807) is 30.6 Å². The predicted octanol–water partition coefficient (Wildman–Crippen LogP) is 4.92. The largest absolute Gasteiger partial charge is 0.443 e. The first-order valence-corrected chi connectivity index (χ1v) is 10.7. The predicted molar refractivity (Wildman–Crippen MR) is 107 cm³/mol. The maximum atomic E-state index is 12.8. The van der Waals surface area contributed by atoms with Crippen molar-refractivity contribution in [3.05, 3.63) is 84.7 Å². The minimum atomic E-state index is -3.84. The van der Waals surface area contributed by atoms with Crippen LogP contribution < -0.4 is 4.72 Å². The van der Waals surface area contributed by atoms with E-state index in [1.165, 1.54) is 17.8 Å². The Labute approximate surface area is 161 Å². The van der Waals surface area contributed by atoms with Crippen molar-refractivity contribution < 1.29 is 12.8 Å². The number of aromatic nitrogens is 1. The molecule has 136 valence electrons. The number of hydrogen-bond donors (Lipinski definition) is 1. The quantitative estimate of drug-likeness (QED) is 0.468. The summed E-state index contributed by atoms with van der Waals surface area (Å²) in [6.45, 7) is 0. The summed E-state index contributed by atoms with van der Waals surface area (Å²) in [5.74, 6) is 0.714. The molecule has 2 aromatic carbocycles. The van der Waals surface area contributed by atoms with Crippen LogP contribution in [0.2, 0.25) is 0 Å². The van der Waals surface area contributed by atoms with Gasteiger partial charge < -0.3 is 4.42 Å². The van der Waals surface area contributed by atoms with Crippen molar-refractivity contribution in [1.29, 1.82) is 0 Å². The average Bonchev–Trinajstić information content (AvgIpc) is 3.13. The molecule has 1 N–H and O–H groups in total. The van der Waals surface area contributed by atoms with Gasteiger partial charge in [0.05, 0.1) is 10.6 Å². The van der Waals surface area contributed by atoms with Crippen LogP contribution in [0.3, 0.4) is 0 Å². The van der Waals surface area contributed by atoms with Crippen molar-refractivity contribution >= 4 is 38.4 Å². The number of anilines is 1. The number of furan rings is 1. The number of sulfonamides is 1. The molecule has 0 amide bonds. The van der Waals surface area contributed by atoms with Gasteiger partial charge in [0.2, 0.25) is 5.09 Å². The highest BCUT2D eigenvalue weighted by atomic mass is 32.2. The van der Waals surface area contributed by atoms with Crippen LogP contribution >= 0.6 is 11.8 Å². The number of para-hydroxylation sites is 1. The molecule has 2 aromatic heterocycles. The minimum Gasteiger partial charge on any atom is -0.443 e. The Morgan fingerprint density at radius 2 is 1.78 bits per heavy atom. The fourth-order valence-corrected chi connectivity index (χ4v) is 4.64. The second kappa shape index (κ2) is 7.46. The van der Waals surface area contributed by atoms with E-state index in [4.69, 9.17) is 4.42 Å². The molecule has 4 aromatic rings. The molecule has 0 aliphatic heterocycles. The number of rotatable bonds is 6. The van der Waals surface area contributed by atoms with Gasteiger partial charge in [-0.3, -0.25) is 9.71 Å². The lowest BCUT2D eigenvalue weighted by Crippen LogP contribution is -2.12. The zero-order valence-corrected chi connectivity index (χ0v) is 15.8. The standard InChI is InChI=1S/C20H16N2O3S2/c23-27(24,20-12-16-8-4-5-9-18(16)25-20)22-17-10-11-21-13-19(17)26-14-15-6-2-1-3-7-15/h1-13H,14H2,(H,21,22). The first kappa shape index (κ1) is 17.6. The Morgan fingerprint density at radius 3 is 2.59 bits per heavy atom. The highest BCUT2D eigenvalue weighted by Crippen LogP contribution is 2.31. The van der Waals surface area contributed by atoms with E-state index in [1.807, 2.05) is 42.5 Å². The van der Waals surface area contributed by atoms with Crippen molar-refractivity contribution in [2.75, 3.05) is 4.72 Å². The molecule has 0 aliphatic carbocycles. The van der Waals surface area contributed by atoms with Crippen molar-refractivity contribution in [3.8, 4) is 0 Å². The molecule has 2 heterocycles. The maximum absolute atomic E-state index is 12.8. The molecule has 4 rings (SSSR count). The number of benzene rings is 2. The fourth-order valence-electron chi connectivity index (χ4n) is 2.60. The third kappa shape index (κ3) is 3.99. The number of nitrogens with zero attached hydrogens (tertiary/aromatic N) is 1. The summed E-state index contributed by atoms with van der Waals surface area (Å²) < 4.78 is 33.6. The lowest BCUT2D eigenvalue weighted by molar-refractivity contribution is 0.484. The summed E-state index contributed by atoms with van der Waals surface area (Å²) in [5, 5.41) is 0.630. The first-order chi connectivity index (χ1) is 13.1. The van der Waals surface area contributed by atoms with E-state index >= 15 is 0 Å². The topological polar surface area (TPSA) is 72.2 Å². The van der Waals surface area contributed by atoms with Gasteiger partial charge in [-0.1, -0.05) is 48.5 Å². The lowest BCUT2D eigenvalue weighted by Gasteiger charge is -2.10. The number of nitrogens with one attached hydrogen (secondary N) is 1. The van der Waals surface area contributed by atoms with Gasteiger partial charge in [-0.15, -0.1) is 11.8 Å². The molecule has 0 saturated heterocycles. The van der Waals surface area contributed by atoms with E-state index in [-0.39, 0.29) is 5.09 Å². The van der Waals surface area contributed by atoms with Crippen LogP contribution in [0.4, 0.5) is 5.69 Å². The minimum absolute atomic E-state index is 0.112. The molecule has 7 heteroatoms. The smallest absolute Gasteiger partial charge is 0.295 e. The molecule has 0 radical (unpaired) electrons. The summed E-state index contributed by atoms with van der Waals surface area (Å²) in [7, 11) is -3.84. The summed E-state index contributed by atoms with van der Waals surface area (Å²) in [5.41, 5.74) is 2.16. The Hall–Kier alpha value is -2.77. The van der Waals surface area contributed by atoms with E-state index < -0.39 is 10.0 Å². The highest BCUT2D eigenvalue weighted by molar-refractivity contribution is 7.98. The molecule has 0 atom stereocenters. The summed E-state index contributed by atoms with van der Waals surface area (Å²) in [6.07, 6.45) is 3.22. The van der Waals surface area contributed by atoms with Crippen LogP contribution in [0.5, 0.6) is 0 Å². The molecule has 0 bridgehead atoms. The third-order valence-electron chi connectivity index (χ3n) is 3.93. The van der Waals surface area contributed by atoms with Gasteiger partial charge in [-0.2, -0.15) is 8.42 Å². The highest BCUT2D eigenvalue weighted by Gasteiger charge is 2.21. The van der Waals surface area contributed by atoms with Crippen molar-refractivity contribution in [3.63, 3.8) is 0 Å². The van der Waals surface area contributed by atoms with Gasteiger partial charge in [0, 0.05) is 29.6 Å². The third-order valence-corrected chi connectivity index (χ3v) is 6.27. The van der Waals surface area contributed by atoms with E-state index in [2.05, 4.69) is 9.71 Å². The molecule has 0 aliphatic rings. The Balaban J connectivity index is 1.58. The molecular formula is C20H16N2O3S2. The van der Waals surface area contributed by atoms with Gasteiger partial charge in [-0.25, -0.2) is 0 Å². The van der Waals surface area contributed by atoms with Gasteiger partial charge in [0.15, 0.2) is 0 Å². The van der Waals surface area contributed by atoms with E-state index in [9.17, 15) is 8.42 Å². The van der Waals surface area contributed by atoms with Crippen molar-refractivity contribution in [2.24, 2.45) is 0 Å². The lowest BCUT2D eigenvalue weighted by atomic mass is 10.2. The van der Waals surface area contributed by atoms with E-state index in [0.29, 0.717) is 17.0 Å². The molecular weight excluding hydrogens is 380 g/mol. The zero-order valence-electron chi connectivity index (χ0n) is 14.2. The van der Waals surface area contributed by atoms with Crippen LogP contribution in [0, 0.1) is 0 Å². The fraction of sp³-hybridized carbons (Fsp3) is 0.0500. The zero-order chi connectivity index (χ0) is 18.7. The number of fused-ring (bicyclic) bond motifs is 1. The Morgan fingerprint density at radius 1 is 1.00 bits per heavy atom. The molecule has 5 nitrogen and oxygen atoms in total. The van der Waals surface area contributed by atoms with Crippen LogP contribution in [0.1, 0.15) is 5.56 Å². The van der Waals surface area contributed by atoms with Gasteiger partial charge >= 0.3 is 0 Å². The van der Waals surface area contributed by atoms with Crippen LogP contribution in [-0.2, 0) is 15.8 Å².